The lowest BCUT2D eigenvalue weighted by atomic mass is 10.4. The zero-order chi connectivity index (χ0) is 7.82. The first-order valence-electron chi connectivity index (χ1n) is 3.24. The lowest BCUT2D eigenvalue weighted by Crippen LogP contribution is -1.96. The summed E-state index contributed by atoms with van der Waals surface area (Å²) in [4.78, 5) is 10.6. The quantitative estimate of drug-likeness (QED) is 0.350. The summed E-state index contributed by atoms with van der Waals surface area (Å²) in [6.07, 6.45) is 2.86. The fourth-order valence-electron chi connectivity index (χ4n) is 0.343. The molecule has 0 saturated heterocycles. The second-order valence-electron chi connectivity index (χ2n) is 1.77. The molecule has 58 valence electrons. The van der Waals surface area contributed by atoms with E-state index in [9.17, 15) is 4.79 Å². The van der Waals surface area contributed by atoms with Crippen LogP contribution in [0.1, 0.15) is 19.8 Å². The molecule has 10 heavy (non-hydrogen) atoms. The predicted octanol–water partition coefficient (Wildman–Crippen LogP) is 2.16. The van der Waals surface area contributed by atoms with E-state index in [-0.39, 0.29) is 5.97 Å². The van der Waals surface area contributed by atoms with Gasteiger partial charge in [-0.15, -0.1) is 6.58 Å². The highest BCUT2D eigenvalue weighted by Crippen LogP contribution is 2.05. The molecule has 0 heterocycles. The maximum absolute atomic E-state index is 10.6. The molecule has 0 N–H and O–H groups in total. The molecule has 0 aliphatic carbocycles. The summed E-state index contributed by atoms with van der Waals surface area (Å²) >= 11 is 1.20. The van der Waals surface area contributed by atoms with Crippen LogP contribution >= 0.6 is 12.0 Å². The highest BCUT2D eigenvalue weighted by atomic mass is 32.2. The van der Waals surface area contributed by atoms with Gasteiger partial charge in [-0.05, 0) is 6.42 Å². The maximum Gasteiger partial charge on any atom is 0.321 e. The van der Waals surface area contributed by atoms with E-state index in [1.54, 1.807) is 0 Å². The van der Waals surface area contributed by atoms with Crippen molar-refractivity contribution in [1.82, 2.24) is 0 Å². The van der Waals surface area contributed by atoms with Gasteiger partial charge in [-0.25, -0.2) is 0 Å². The van der Waals surface area contributed by atoms with Crippen molar-refractivity contribution in [3.8, 4) is 0 Å². The first-order chi connectivity index (χ1) is 4.81. The number of hydrogen-bond acceptors (Lipinski definition) is 3. The van der Waals surface area contributed by atoms with Gasteiger partial charge in [0, 0.05) is 5.75 Å². The summed E-state index contributed by atoms with van der Waals surface area (Å²) in [7, 11) is 0. The van der Waals surface area contributed by atoms with Gasteiger partial charge in [0.15, 0.2) is 0 Å². The molecular weight excluding hydrogens is 148 g/mol. The summed E-state index contributed by atoms with van der Waals surface area (Å²) in [6.45, 7) is 5.45. The van der Waals surface area contributed by atoms with E-state index in [1.807, 2.05) is 6.92 Å². The molecule has 0 aliphatic heterocycles. The van der Waals surface area contributed by atoms with E-state index in [4.69, 9.17) is 4.18 Å². The molecule has 0 saturated carbocycles. The van der Waals surface area contributed by atoms with Crippen LogP contribution in [0.4, 0.5) is 0 Å². The fraction of sp³-hybridized carbons (Fsp3) is 0.571. The van der Waals surface area contributed by atoms with Crippen LogP contribution in [0.2, 0.25) is 0 Å². The summed E-state index contributed by atoms with van der Waals surface area (Å²) in [6, 6.07) is 0. The molecule has 0 bridgehead atoms. The highest BCUT2D eigenvalue weighted by molar-refractivity contribution is 7.95. The second-order valence-corrected chi connectivity index (χ2v) is 2.58. The van der Waals surface area contributed by atoms with E-state index in [2.05, 4.69) is 6.58 Å². The molecule has 0 amide bonds. The monoisotopic (exact) mass is 160 g/mol. The van der Waals surface area contributed by atoms with Crippen LogP contribution in [0, 0.1) is 0 Å². The van der Waals surface area contributed by atoms with Crippen LogP contribution in [0.15, 0.2) is 12.7 Å². The van der Waals surface area contributed by atoms with Crippen molar-refractivity contribution in [3.63, 3.8) is 0 Å². The molecule has 0 unspecified atom stereocenters. The number of carbonyl (C=O) groups excluding carboxylic acids is 1. The third-order valence-corrected chi connectivity index (χ3v) is 1.63. The Labute approximate surface area is 65.8 Å². The Morgan fingerprint density at radius 3 is 3.00 bits per heavy atom. The van der Waals surface area contributed by atoms with Crippen molar-refractivity contribution >= 4 is 18.0 Å². The van der Waals surface area contributed by atoms with Gasteiger partial charge < -0.3 is 4.18 Å². The minimum atomic E-state index is -0.214. The SMILES string of the molecule is C=CCC(=O)OSCCC. The highest BCUT2D eigenvalue weighted by Gasteiger charge is 1.97. The van der Waals surface area contributed by atoms with Crippen LogP contribution in [0.3, 0.4) is 0 Å². The third-order valence-electron chi connectivity index (χ3n) is 0.750. The topological polar surface area (TPSA) is 26.3 Å². The van der Waals surface area contributed by atoms with E-state index < -0.39 is 0 Å². The molecule has 3 heteroatoms. The third kappa shape index (κ3) is 5.69. The number of rotatable bonds is 5. The van der Waals surface area contributed by atoms with E-state index in [1.165, 1.54) is 18.1 Å². The van der Waals surface area contributed by atoms with Gasteiger partial charge in [-0.1, -0.05) is 13.0 Å². The van der Waals surface area contributed by atoms with Gasteiger partial charge in [0.05, 0.1) is 18.5 Å². The van der Waals surface area contributed by atoms with Gasteiger partial charge in [0.2, 0.25) is 0 Å². The normalized spacial score (nSPS) is 8.90. The largest absolute Gasteiger partial charge is 0.391 e. The van der Waals surface area contributed by atoms with Gasteiger partial charge in [0.1, 0.15) is 0 Å². The molecular formula is C7H12O2S. The standard InChI is InChI=1S/C7H12O2S/c1-3-5-7(8)9-10-6-4-2/h3H,1,4-6H2,2H3. The Hall–Kier alpha value is -0.440. The van der Waals surface area contributed by atoms with Crippen LogP contribution in [-0.2, 0) is 8.98 Å². The van der Waals surface area contributed by atoms with E-state index in [0.29, 0.717) is 6.42 Å². The average molecular weight is 160 g/mol. The molecule has 0 aromatic heterocycles. The van der Waals surface area contributed by atoms with Crippen molar-refractivity contribution in [1.29, 1.82) is 0 Å². The Bertz CT molecular complexity index is 112. The van der Waals surface area contributed by atoms with Crippen molar-refractivity contribution < 1.29 is 8.98 Å². The maximum atomic E-state index is 10.6. The van der Waals surface area contributed by atoms with Crippen molar-refractivity contribution in [2.75, 3.05) is 5.75 Å². The van der Waals surface area contributed by atoms with Crippen LogP contribution < -0.4 is 0 Å². The number of carbonyl (C=O) groups is 1. The number of hydrogen-bond donors (Lipinski definition) is 0. The van der Waals surface area contributed by atoms with Crippen LogP contribution in [0.5, 0.6) is 0 Å². The molecule has 0 rings (SSSR count). The second kappa shape index (κ2) is 6.68. The van der Waals surface area contributed by atoms with Crippen molar-refractivity contribution in [3.05, 3.63) is 12.7 Å². The summed E-state index contributed by atoms with van der Waals surface area (Å²) in [5.41, 5.74) is 0. The van der Waals surface area contributed by atoms with Crippen LogP contribution in [-0.4, -0.2) is 11.7 Å². The Morgan fingerprint density at radius 2 is 2.50 bits per heavy atom. The average Bonchev–Trinajstić information content (AvgIpc) is 1.89. The van der Waals surface area contributed by atoms with Crippen molar-refractivity contribution in [2.45, 2.75) is 19.8 Å². The lowest BCUT2D eigenvalue weighted by molar-refractivity contribution is -0.132. The molecule has 2 nitrogen and oxygen atoms in total. The fourth-order valence-corrected chi connectivity index (χ4v) is 0.792. The molecule has 0 spiro atoms. The minimum Gasteiger partial charge on any atom is -0.391 e. The smallest absolute Gasteiger partial charge is 0.321 e. The Kier molecular flexibility index (Phi) is 6.38. The molecule has 0 fully saturated rings. The minimum absolute atomic E-state index is 0.214. The molecule has 0 radical (unpaired) electrons. The van der Waals surface area contributed by atoms with Gasteiger partial charge in [-0.2, -0.15) is 0 Å². The lowest BCUT2D eigenvalue weighted by Gasteiger charge is -1.97. The van der Waals surface area contributed by atoms with Crippen LogP contribution in [0.25, 0.3) is 0 Å². The molecule has 0 aliphatic rings. The summed E-state index contributed by atoms with van der Waals surface area (Å²) in [5.74, 6) is 0.650. The zero-order valence-electron chi connectivity index (χ0n) is 6.13. The first kappa shape index (κ1) is 9.56. The predicted molar refractivity (Wildman–Crippen MR) is 43.7 cm³/mol. The molecule has 0 aromatic carbocycles. The Morgan fingerprint density at radius 1 is 1.80 bits per heavy atom. The Balaban J connectivity index is 3.13. The van der Waals surface area contributed by atoms with E-state index in [0.717, 1.165) is 12.2 Å². The van der Waals surface area contributed by atoms with Gasteiger partial charge >= 0.3 is 5.97 Å². The van der Waals surface area contributed by atoms with Gasteiger partial charge in [-0.3, -0.25) is 4.79 Å². The van der Waals surface area contributed by atoms with Crippen molar-refractivity contribution in [2.24, 2.45) is 0 Å². The molecule has 0 atom stereocenters. The zero-order valence-corrected chi connectivity index (χ0v) is 6.95. The van der Waals surface area contributed by atoms with E-state index >= 15 is 0 Å². The summed E-state index contributed by atoms with van der Waals surface area (Å²) in [5, 5.41) is 0. The first-order valence-corrected chi connectivity index (χ1v) is 4.15. The summed E-state index contributed by atoms with van der Waals surface area (Å²) < 4.78 is 4.73. The molecule has 0 aromatic rings. The van der Waals surface area contributed by atoms with Gasteiger partial charge in [0.25, 0.3) is 0 Å².